The number of nitrogens with zero attached hydrogens (tertiary/aromatic N) is 2. The highest BCUT2D eigenvalue weighted by molar-refractivity contribution is 7.20. The molecule has 1 aliphatic carbocycles. The number of para-hydroxylation sites is 1. The Bertz CT molecular complexity index is 1160. The molecule has 9 heteroatoms. The Balaban J connectivity index is 1.37. The van der Waals surface area contributed by atoms with Crippen molar-refractivity contribution in [2.75, 3.05) is 13.1 Å². The fourth-order valence-electron chi connectivity index (χ4n) is 6.44. The first-order valence-electron chi connectivity index (χ1n) is 13.5. The normalized spacial score (nSPS) is 29.1. The van der Waals surface area contributed by atoms with Crippen molar-refractivity contribution in [1.82, 2.24) is 20.5 Å². The van der Waals surface area contributed by atoms with Crippen molar-refractivity contribution >= 4 is 39.2 Å². The first-order valence-corrected chi connectivity index (χ1v) is 14.3. The van der Waals surface area contributed by atoms with E-state index in [9.17, 15) is 14.4 Å². The Labute approximate surface area is 222 Å². The predicted octanol–water partition coefficient (Wildman–Crippen LogP) is 2.96. The van der Waals surface area contributed by atoms with Crippen LogP contribution in [0.1, 0.15) is 63.2 Å². The summed E-state index contributed by atoms with van der Waals surface area (Å²) in [6.07, 6.45) is 3.13. The number of nitrogens with one attached hydrogen (secondary N) is 2. The lowest BCUT2D eigenvalue weighted by molar-refractivity contribution is -0.140. The summed E-state index contributed by atoms with van der Waals surface area (Å²) < 4.78 is 0.970. The summed E-state index contributed by atoms with van der Waals surface area (Å²) >= 11 is 1.39. The van der Waals surface area contributed by atoms with Gasteiger partial charge in [-0.2, -0.15) is 0 Å². The van der Waals surface area contributed by atoms with Crippen molar-refractivity contribution in [2.24, 2.45) is 28.9 Å². The number of carbonyl (C=O) groups is 3. The average molecular weight is 526 g/mol. The molecule has 200 valence electrons. The Morgan fingerprint density at radius 2 is 2.03 bits per heavy atom. The molecule has 0 spiro atoms. The van der Waals surface area contributed by atoms with Gasteiger partial charge in [-0.3, -0.25) is 14.4 Å². The van der Waals surface area contributed by atoms with E-state index in [1.807, 2.05) is 49.9 Å². The van der Waals surface area contributed by atoms with Gasteiger partial charge in [-0.1, -0.05) is 39.8 Å². The van der Waals surface area contributed by atoms with Crippen molar-refractivity contribution in [3.63, 3.8) is 0 Å². The molecule has 2 saturated heterocycles. The minimum atomic E-state index is -0.577. The smallest absolute Gasteiger partial charge is 0.240 e. The van der Waals surface area contributed by atoms with Gasteiger partial charge >= 0.3 is 0 Å². The average Bonchev–Trinajstić information content (AvgIpc) is 3.62. The lowest BCUT2D eigenvalue weighted by Crippen LogP contribution is -2.59. The number of nitrogens with two attached hydrogens (primary N) is 1. The molecule has 1 saturated carbocycles. The van der Waals surface area contributed by atoms with Crippen LogP contribution >= 0.6 is 11.3 Å². The zero-order chi connectivity index (χ0) is 26.5. The first-order chi connectivity index (χ1) is 17.5. The molecule has 3 heterocycles. The molecule has 3 aliphatic rings. The quantitative estimate of drug-likeness (QED) is 0.456. The number of amides is 2. The zero-order valence-electron chi connectivity index (χ0n) is 22.2. The van der Waals surface area contributed by atoms with Gasteiger partial charge in [0.05, 0.1) is 22.3 Å². The van der Waals surface area contributed by atoms with Gasteiger partial charge in [0.15, 0.2) is 5.01 Å². The molecule has 1 aromatic carbocycles. The van der Waals surface area contributed by atoms with Gasteiger partial charge in [0.2, 0.25) is 17.6 Å². The van der Waals surface area contributed by atoms with Crippen LogP contribution in [0.2, 0.25) is 0 Å². The molecule has 2 bridgehead atoms. The number of likely N-dealkylation sites (tertiary alicyclic amines) is 1. The van der Waals surface area contributed by atoms with Crippen molar-refractivity contribution in [3.8, 4) is 0 Å². The summed E-state index contributed by atoms with van der Waals surface area (Å²) in [5.41, 5.74) is 6.91. The third kappa shape index (κ3) is 5.05. The largest absolute Gasteiger partial charge is 0.356 e. The highest BCUT2D eigenvalue weighted by atomic mass is 32.1. The molecule has 8 nitrogen and oxygen atoms in total. The van der Waals surface area contributed by atoms with Gasteiger partial charge in [-0.25, -0.2) is 4.98 Å². The van der Waals surface area contributed by atoms with Crippen molar-refractivity contribution in [1.29, 1.82) is 0 Å². The Kier molecular flexibility index (Phi) is 7.15. The third-order valence-electron chi connectivity index (χ3n) is 8.70. The second-order valence-electron chi connectivity index (χ2n) is 12.2. The first kappa shape index (κ1) is 26.3. The summed E-state index contributed by atoms with van der Waals surface area (Å²) in [6, 6.07) is 6.80. The molecule has 1 aromatic heterocycles. The minimum absolute atomic E-state index is 0.00270. The summed E-state index contributed by atoms with van der Waals surface area (Å²) in [5.74, 6) is 0.615. The van der Waals surface area contributed by atoms with E-state index in [2.05, 4.69) is 22.5 Å². The fourth-order valence-corrected chi connectivity index (χ4v) is 7.40. The number of Topliss-reactive ketones (excluding diaryl/α,β-unsaturated/α-hetero) is 1. The number of aromatic nitrogens is 1. The molecule has 4 N–H and O–H groups in total. The molecule has 7 atom stereocenters. The number of hydrogen-bond acceptors (Lipinski definition) is 7. The molecule has 3 fully saturated rings. The number of piperidine rings is 1. The van der Waals surface area contributed by atoms with Crippen LogP contribution in [0.25, 0.3) is 10.2 Å². The molecule has 2 aromatic rings. The number of thiazole rings is 1. The van der Waals surface area contributed by atoms with Crippen LogP contribution < -0.4 is 16.4 Å². The molecular formula is C28H39N5O3S. The summed E-state index contributed by atoms with van der Waals surface area (Å²) in [5, 5.41) is 6.87. The second-order valence-corrected chi connectivity index (χ2v) is 13.3. The van der Waals surface area contributed by atoms with Gasteiger partial charge in [-0.15, -0.1) is 11.3 Å². The number of ketones is 1. The fraction of sp³-hybridized carbons (Fsp3) is 0.643. The summed E-state index contributed by atoms with van der Waals surface area (Å²) in [6.45, 7) is 9.40. The van der Waals surface area contributed by atoms with Crippen LogP contribution in [0.5, 0.6) is 0 Å². The van der Waals surface area contributed by atoms with Crippen LogP contribution in [-0.4, -0.2) is 64.7 Å². The van der Waals surface area contributed by atoms with Crippen LogP contribution in [0.4, 0.5) is 0 Å². The molecule has 0 radical (unpaired) electrons. The molecule has 5 rings (SSSR count). The van der Waals surface area contributed by atoms with Gasteiger partial charge in [-0.05, 0) is 55.1 Å². The van der Waals surface area contributed by atoms with Gasteiger partial charge in [0.1, 0.15) is 0 Å². The van der Waals surface area contributed by atoms with Crippen molar-refractivity contribution in [2.45, 2.75) is 77.5 Å². The van der Waals surface area contributed by atoms with Crippen LogP contribution in [0.3, 0.4) is 0 Å². The Morgan fingerprint density at radius 3 is 2.70 bits per heavy atom. The monoisotopic (exact) mass is 525 g/mol. The number of rotatable bonds is 8. The van der Waals surface area contributed by atoms with Gasteiger partial charge in [0, 0.05) is 31.1 Å². The van der Waals surface area contributed by atoms with Gasteiger partial charge in [0.25, 0.3) is 0 Å². The van der Waals surface area contributed by atoms with Crippen LogP contribution in [-0.2, 0) is 9.59 Å². The SMILES string of the molecule is C[C@H]1C[C@@H]2C[C@H]1C(CN[C@@H](C[C@@H]1CCNC1=O)C(=O)c1nc3ccccc3s1)N2C(=O)[C@@H](N)C(C)(C)C. The van der Waals surface area contributed by atoms with E-state index in [4.69, 9.17) is 5.73 Å². The van der Waals surface area contributed by atoms with E-state index < -0.39 is 12.1 Å². The lowest BCUT2D eigenvalue weighted by atomic mass is 9.84. The highest BCUT2D eigenvalue weighted by Crippen LogP contribution is 2.46. The zero-order valence-corrected chi connectivity index (χ0v) is 23.0. The molecule has 1 unspecified atom stereocenters. The lowest BCUT2D eigenvalue weighted by Gasteiger charge is -2.42. The van der Waals surface area contributed by atoms with E-state index in [1.54, 1.807) is 0 Å². The number of carbonyl (C=O) groups excluding carboxylic acids is 3. The van der Waals surface area contributed by atoms with Gasteiger partial charge < -0.3 is 21.3 Å². The van der Waals surface area contributed by atoms with Crippen LogP contribution in [0.15, 0.2) is 24.3 Å². The standard InChI is InChI=1S/C28H39N5O3S/c1-15-11-17-13-18(15)21(33(17)27(36)24(29)28(2,3)4)14-31-20(12-16-9-10-30-25(16)35)23(34)26-32-19-7-5-6-8-22(19)37-26/h5-8,15-18,20-21,24,31H,9-14,29H2,1-4H3,(H,30,35)/t15-,16-,17+,18+,20-,21?,24+/m0/s1. The highest BCUT2D eigenvalue weighted by Gasteiger charge is 2.53. The second kappa shape index (κ2) is 10.1. The Morgan fingerprint density at radius 1 is 1.27 bits per heavy atom. The predicted molar refractivity (Wildman–Crippen MR) is 145 cm³/mol. The molecule has 37 heavy (non-hydrogen) atoms. The van der Waals surface area contributed by atoms with E-state index >= 15 is 0 Å². The summed E-state index contributed by atoms with van der Waals surface area (Å²) in [4.78, 5) is 46.3. The topological polar surface area (TPSA) is 117 Å². The van der Waals surface area contributed by atoms with Crippen LogP contribution in [0, 0.1) is 23.2 Å². The maximum atomic E-state index is 13.7. The molecular weight excluding hydrogens is 486 g/mol. The summed E-state index contributed by atoms with van der Waals surface area (Å²) in [7, 11) is 0. The van der Waals surface area contributed by atoms with E-state index in [0.717, 1.165) is 29.5 Å². The minimum Gasteiger partial charge on any atom is -0.356 e. The van der Waals surface area contributed by atoms with E-state index in [-0.39, 0.29) is 41.0 Å². The number of benzene rings is 1. The van der Waals surface area contributed by atoms with Crippen molar-refractivity contribution < 1.29 is 14.4 Å². The third-order valence-corrected chi connectivity index (χ3v) is 9.75. The maximum Gasteiger partial charge on any atom is 0.240 e. The maximum absolute atomic E-state index is 13.7. The van der Waals surface area contributed by atoms with Crippen molar-refractivity contribution in [3.05, 3.63) is 29.3 Å². The molecule has 2 aliphatic heterocycles. The number of hydrogen-bond donors (Lipinski definition) is 3. The Hall–Kier alpha value is -2.36. The van der Waals surface area contributed by atoms with E-state index in [1.165, 1.54) is 11.3 Å². The number of fused-ring (bicyclic) bond motifs is 3. The van der Waals surface area contributed by atoms with E-state index in [0.29, 0.717) is 36.4 Å². The molecule has 2 amide bonds.